The smallest absolute Gasteiger partial charge is 0.280 e. The second kappa shape index (κ2) is 6.47. The number of benzene rings is 1. The number of piperidine rings is 1. The first-order valence-corrected chi connectivity index (χ1v) is 9.13. The molecule has 2 heterocycles. The summed E-state index contributed by atoms with van der Waals surface area (Å²) in [6.45, 7) is 1.87. The van der Waals surface area contributed by atoms with E-state index in [1.54, 1.807) is 18.2 Å². The number of anilines is 1. The average molecular weight is 351 g/mol. The standard InChI is InChI=1S/C19H21ClF2N2/c20-14-6-7-16-15(9-14)18(10-17(23-16)19(21)22)24-8-2-5-13(11-24)12-3-1-4-12/h6-7,9-10,12-13,19H,1-5,8,11H2. The third-order valence-corrected chi connectivity index (χ3v) is 5.84. The van der Waals surface area contributed by atoms with E-state index in [1.165, 1.54) is 25.7 Å². The third kappa shape index (κ3) is 2.97. The number of hydrogen-bond donors (Lipinski definition) is 0. The molecule has 0 amide bonds. The van der Waals surface area contributed by atoms with Gasteiger partial charge in [0, 0.05) is 29.2 Å². The van der Waals surface area contributed by atoms with Crippen LogP contribution >= 0.6 is 11.6 Å². The van der Waals surface area contributed by atoms with Crippen LogP contribution in [0.3, 0.4) is 0 Å². The average Bonchev–Trinajstić information content (AvgIpc) is 2.52. The van der Waals surface area contributed by atoms with Gasteiger partial charge in [0.2, 0.25) is 0 Å². The van der Waals surface area contributed by atoms with E-state index in [9.17, 15) is 8.78 Å². The highest BCUT2D eigenvalue weighted by atomic mass is 35.5. The molecule has 1 saturated carbocycles. The predicted molar refractivity (Wildman–Crippen MR) is 94.0 cm³/mol. The lowest BCUT2D eigenvalue weighted by molar-refractivity contribution is 0.146. The van der Waals surface area contributed by atoms with Crippen molar-refractivity contribution in [2.24, 2.45) is 11.8 Å². The summed E-state index contributed by atoms with van der Waals surface area (Å²) in [6.07, 6.45) is 3.80. The van der Waals surface area contributed by atoms with Crippen LogP contribution in [0.5, 0.6) is 0 Å². The fourth-order valence-electron chi connectivity index (χ4n) is 4.10. The Hall–Kier alpha value is -1.42. The van der Waals surface area contributed by atoms with Crippen molar-refractivity contribution in [3.63, 3.8) is 0 Å². The van der Waals surface area contributed by atoms with Crippen molar-refractivity contribution in [3.05, 3.63) is 35.0 Å². The summed E-state index contributed by atoms with van der Waals surface area (Å²) in [6, 6.07) is 6.86. The molecule has 0 radical (unpaired) electrons. The molecule has 1 aliphatic heterocycles. The van der Waals surface area contributed by atoms with Crippen LogP contribution in [0.2, 0.25) is 5.02 Å². The van der Waals surface area contributed by atoms with E-state index in [0.717, 1.165) is 36.5 Å². The molecule has 0 bridgehead atoms. The third-order valence-electron chi connectivity index (χ3n) is 5.61. The van der Waals surface area contributed by atoms with Gasteiger partial charge in [0.05, 0.1) is 5.52 Å². The quantitative estimate of drug-likeness (QED) is 0.691. The molecule has 1 aromatic heterocycles. The van der Waals surface area contributed by atoms with Crippen molar-refractivity contribution in [1.82, 2.24) is 4.98 Å². The molecule has 0 N–H and O–H groups in total. The van der Waals surface area contributed by atoms with Gasteiger partial charge in [-0.1, -0.05) is 30.9 Å². The second-order valence-corrected chi connectivity index (χ2v) is 7.50. The van der Waals surface area contributed by atoms with Crippen molar-refractivity contribution in [3.8, 4) is 0 Å². The fraction of sp³-hybridized carbons (Fsp3) is 0.526. The number of rotatable bonds is 3. The Balaban J connectivity index is 1.74. The molecule has 128 valence electrons. The summed E-state index contributed by atoms with van der Waals surface area (Å²) >= 11 is 6.15. The molecular formula is C19H21ClF2N2. The fourth-order valence-corrected chi connectivity index (χ4v) is 4.27. The Morgan fingerprint density at radius 3 is 2.58 bits per heavy atom. The van der Waals surface area contributed by atoms with Crippen LogP contribution in [0.4, 0.5) is 14.5 Å². The van der Waals surface area contributed by atoms with E-state index in [-0.39, 0.29) is 5.69 Å². The number of alkyl halides is 2. The van der Waals surface area contributed by atoms with Gasteiger partial charge in [0.25, 0.3) is 6.43 Å². The molecule has 1 aliphatic carbocycles. The van der Waals surface area contributed by atoms with Gasteiger partial charge in [-0.3, -0.25) is 0 Å². The molecule has 4 rings (SSSR count). The van der Waals surface area contributed by atoms with E-state index >= 15 is 0 Å². The minimum absolute atomic E-state index is 0.148. The van der Waals surface area contributed by atoms with Gasteiger partial charge >= 0.3 is 0 Å². The highest BCUT2D eigenvalue weighted by Crippen LogP contribution is 2.40. The van der Waals surface area contributed by atoms with Crippen LogP contribution in [0, 0.1) is 11.8 Å². The minimum Gasteiger partial charge on any atom is -0.371 e. The molecule has 2 aliphatic rings. The summed E-state index contributed by atoms with van der Waals surface area (Å²) in [4.78, 5) is 6.39. The van der Waals surface area contributed by atoms with Crippen molar-refractivity contribution in [2.75, 3.05) is 18.0 Å². The zero-order chi connectivity index (χ0) is 16.7. The zero-order valence-corrected chi connectivity index (χ0v) is 14.3. The summed E-state index contributed by atoms with van der Waals surface area (Å²) in [5.74, 6) is 1.50. The highest BCUT2D eigenvalue weighted by Gasteiger charge is 2.31. The van der Waals surface area contributed by atoms with E-state index in [2.05, 4.69) is 9.88 Å². The van der Waals surface area contributed by atoms with Crippen LogP contribution in [-0.4, -0.2) is 18.1 Å². The Labute approximate surface area is 145 Å². The first-order valence-electron chi connectivity index (χ1n) is 8.75. The van der Waals surface area contributed by atoms with E-state index in [0.29, 0.717) is 16.5 Å². The SMILES string of the molecule is FC(F)c1cc(N2CCCC(C3CCC3)C2)c2cc(Cl)ccc2n1. The lowest BCUT2D eigenvalue weighted by Gasteiger charge is -2.42. The van der Waals surface area contributed by atoms with Crippen LogP contribution in [0.1, 0.15) is 44.2 Å². The summed E-state index contributed by atoms with van der Waals surface area (Å²) < 4.78 is 26.6. The number of pyridine rings is 1. The highest BCUT2D eigenvalue weighted by molar-refractivity contribution is 6.31. The second-order valence-electron chi connectivity index (χ2n) is 7.07. The lowest BCUT2D eigenvalue weighted by atomic mass is 9.73. The van der Waals surface area contributed by atoms with E-state index < -0.39 is 6.43 Å². The van der Waals surface area contributed by atoms with Crippen molar-refractivity contribution in [2.45, 2.75) is 38.5 Å². The van der Waals surface area contributed by atoms with Gasteiger partial charge < -0.3 is 4.90 Å². The van der Waals surface area contributed by atoms with Crippen molar-refractivity contribution in [1.29, 1.82) is 0 Å². The summed E-state index contributed by atoms with van der Waals surface area (Å²) in [5.41, 5.74) is 1.31. The van der Waals surface area contributed by atoms with Crippen molar-refractivity contribution >= 4 is 28.2 Å². The lowest BCUT2D eigenvalue weighted by Crippen LogP contribution is -2.40. The zero-order valence-electron chi connectivity index (χ0n) is 13.5. The molecule has 0 spiro atoms. The van der Waals surface area contributed by atoms with Crippen LogP contribution in [0.15, 0.2) is 24.3 Å². The van der Waals surface area contributed by atoms with Crippen LogP contribution in [-0.2, 0) is 0 Å². The van der Waals surface area contributed by atoms with Gasteiger partial charge in [0.15, 0.2) is 0 Å². The van der Waals surface area contributed by atoms with E-state index in [1.807, 2.05) is 6.07 Å². The maximum absolute atomic E-state index is 13.3. The molecule has 1 unspecified atom stereocenters. The molecule has 2 aromatic rings. The van der Waals surface area contributed by atoms with Crippen molar-refractivity contribution < 1.29 is 8.78 Å². The van der Waals surface area contributed by atoms with Gasteiger partial charge in [-0.2, -0.15) is 0 Å². The Morgan fingerprint density at radius 2 is 1.88 bits per heavy atom. The normalized spacial score (nSPS) is 22.2. The monoisotopic (exact) mass is 350 g/mol. The minimum atomic E-state index is -2.56. The number of fused-ring (bicyclic) bond motifs is 1. The molecule has 1 saturated heterocycles. The molecule has 2 fully saturated rings. The molecule has 1 aromatic carbocycles. The summed E-state index contributed by atoms with van der Waals surface area (Å²) in [7, 11) is 0. The Kier molecular flexibility index (Phi) is 4.33. The topological polar surface area (TPSA) is 16.1 Å². The Morgan fingerprint density at radius 1 is 1.08 bits per heavy atom. The molecule has 24 heavy (non-hydrogen) atoms. The molecular weight excluding hydrogens is 330 g/mol. The molecule has 1 atom stereocenters. The maximum atomic E-state index is 13.3. The first kappa shape index (κ1) is 16.1. The number of halogens is 3. The number of nitrogens with zero attached hydrogens (tertiary/aromatic N) is 2. The van der Waals surface area contributed by atoms with Crippen LogP contribution in [0.25, 0.3) is 10.9 Å². The van der Waals surface area contributed by atoms with Gasteiger partial charge in [0.1, 0.15) is 5.69 Å². The predicted octanol–water partition coefficient (Wildman–Crippen LogP) is 5.84. The maximum Gasteiger partial charge on any atom is 0.280 e. The van der Waals surface area contributed by atoms with E-state index in [4.69, 9.17) is 11.6 Å². The largest absolute Gasteiger partial charge is 0.371 e. The first-order chi connectivity index (χ1) is 11.6. The van der Waals surface area contributed by atoms with Gasteiger partial charge in [-0.15, -0.1) is 0 Å². The number of aromatic nitrogens is 1. The van der Waals surface area contributed by atoms with Gasteiger partial charge in [-0.25, -0.2) is 13.8 Å². The molecule has 2 nitrogen and oxygen atoms in total. The van der Waals surface area contributed by atoms with Gasteiger partial charge in [-0.05, 0) is 48.9 Å². The molecule has 5 heteroatoms. The Bertz CT molecular complexity index is 745. The summed E-state index contributed by atoms with van der Waals surface area (Å²) in [5, 5.41) is 1.49. The van der Waals surface area contributed by atoms with Crippen LogP contribution < -0.4 is 4.90 Å². The number of hydrogen-bond acceptors (Lipinski definition) is 2.